The first kappa shape index (κ1) is 125. The molecule has 1 fully saturated rings. The molecule has 1 saturated heterocycles. The lowest BCUT2D eigenvalue weighted by molar-refractivity contribution is -0.138. The summed E-state index contributed by atoms with van der Waals surface area (Å²) >= 11 is 58.1. The second kappa shape index (κ2) is 62.1. The number of carbonyl (C=O) groups excluding carboxylic acids is 5. The van der Waals surface area contributed by atoms with Crippen LogP contribution in [0.2, 0.25) is 15.1 Å². The Hall–Kier alpha value is -8.58. The van der Waals surface area contributed by atoms with Crippen LogP contribution in [0, 0.1) is 41.8 Å². The van der Waals surface area contributed by atoms with Crippen LogP contribution in [0.5, 0.6) is 0 Å². The van der Waals surface area contributed by atoms with E-state index in [1.807, 2.05) is 162 Å². The summed E-state index contributed by atoms with van der Waals surface area (Å²) in [6.07, 6.45) is 7.40. The second-order valence-electron chi connectivity index (χ2n) is 31.3. The number of ether oxygens (including phenoxy) is 3. The van der Waals surface area contributed by atoms with Gasteiger partial charge in [0.1, 0.15) is 11.8 Å². The van der Waals surface area contributed by atoms with Crippen LogP contribution < -0.4 is 34.1 Å². The molecule has 766 valence electrons. The number of nitrogen functional groups attached to an aromatic ring is 4. The minimum atomic E-state index is -3.86. The molecule has 39 heteroatoms. The molecule has 1 aliphatic heterocycles. The first-order chi connectivity index (χ1) is 68.5. The SMILES string of the molecule is C/C=C/C(=O)OCC.CC1(C)C(=O)N(Cl)C(=O)N1Cl.CCOC(=O)/C=C(/C)c1cc(Br)ccc1N.CCOC(=O)/C=C(/C)c1cc(SCc2ccccc2)ccc1N.Cc1cc(Br)c(Cl)cc1-n1c(=O)cc(C)c2cc(S(=O)(=O)Cl)ccc21.Cc1cc(Br)c(Cl)cc1-n1c(=O)cc(C)c2cc(SCc3ccccc3)ccc21.Cc1cc(Br)c(Cl)cc1I.Nc1ccc(Br)cc1I.Nc1ccon1.SCc1ccccc1. The molecule has 0 bridgehead atoms. The number of esters is 3. The maximum atomic E-state index is 12.9. The molecule has 14 aromatic rings. The van der Waals surface area contributed by atoms with Crippen LogP contribution in [0.25, 0.3) is 44.3 Å². The van der Waals surface area contributed by atoms with Crippen LogP contribution in [0.3, 0.4) is 0 Å². The van der Waals surface area contributed by atoms with E-state index in [9.17, 15) is 42.0 Å². The van der Waals surface area contributed by atoms with Crippen LogP contribution >= 0.6 is 230 Å². The number of rotatable bonds is 18. The lowest BCUT2D eigenvalue weighted by Crippen LogP contribution is -2.38. The highest BCUT2D eigenvalue weighted by molar-refractivity contribution is 14.1. The summed E-state index contributed by atoms with van der Waals surface area (Å²) in [5, 5.41) is 6.85. The molecule has 11 aromatic carbocycles. The van der Waals surface area contributed by atoms with E-state index < -0.39 is 26.5 Å². The monoisotopic (exact) mass is 2700 g/mol. The third kappa shape index (κ3) is 40.0. The summed E-state index contributed by atoms with van der Waals surface area (Å²) in [5.74, 6) is 1.59. The van der Waals surface area contributed by atoms with Crippen molar-refractivity contribution < 1.29 is 51.1 Å². The molecule has 4 heterocycles. The third-order valence-electron chi connectivity index (χ3n) is 20.0. The van der Waals surface area contributed by atoms with Crippen molar-refractivity contribution in [2.45, 2.75) is 127 Å². The highest BCUT2D eigenvalue weighted by Crippen LogP contribution is 2.38. The predicted molar refractivity (Wildman–Crippen MR) is 638 cm³/mol. The molecule has 3 aromatic heterocycles. The summed E-state index contributed by atoms with van der Waals surface area (Å²) in [5.41, 5.74) is 38.1. The topological polar surface area (TPSA) is 328 Å². The average Bonchev–Trinajstić information content (AvgIpc) is 1.52. The normalized spacial score (nSPS) is 11.8. The maximum Gasteiger partial charge on any atom is 0.357 e. The van der Waals surface area contributed by atoms with Crippen molar-refractivity contribution in [2.24, 2.45) is 0 Å². The van der Waals surface area contributed by atoms with Gasteiger partial charge in [0.15, 0.2) is 5.82 Å². The molecular weight excluding hydrogens is 2600 g/mol. The largest absolute Gasteiger partial charge is 0.463 e. The van der Waals surface area contributed by atoms with Crippen molar-refractivity contribution in [3.05, 3.63) is 388 Å². The number of thiol groups is 1. The number of aryl methyl sites for hydroxylation is 5. The number of amides is 3. The Morgan fingerprint density at radius 2 is 0.903 bits per heavy atom. The Kier molecular flexibility index (Phi) is 53.6. The van der Waals surface area contributed by atoms with Gasteiger partial charge < -0.3 is 41.7 Å². The highest BCUT2D eigenvalue weighted by atomic mass is 127. The number of benzene rings is 11. The predicted octanol–water partition coefficient (Wildman–Crippen LogP) is 31.3. The van der Waals surface area contributed by atoms with Gasteiger partial charge in [0.25, 0.3) is 26.1 Å². The van der Waals surface area contributed by atoms with Crippen molar-refractivity contribution in [1.29, 1.82) is 0 Å². The summed E-state index contributed by atoms with van der Waals surface area (Å²) in [6, 6.07) is 74.2. The quantitative estimate of drug-likeness (QED) is 0.00455. The van der Waals surface area contributed by atoms with E-state index in [1.165, 1.54) is 91.8 Å². The Labute approximate surface area is 957 Å². The fraction of sp³-hybridized carbons (Fsp3) is 0.189. The summed E-state index contributed by atoms with van der Waals surface area (Å²) in [4.78, 5) is 83.0. The smallest absolute Gasteiger partial charge is 0.357 e. The number of nitrogens with zero attached hydrogens (tertiary/aromatic N) is 5. The number of hydrogen-bond donors (Lipinski definition) is 5. The minimum absolute atomic E-state index is 0.0134. The molecule has 0 spiro atoms. The Morgan fingerprint density at radius 3 is 1.28 bits per heavy atom. The molecule has 22 nitrogen and oxygen atoms in total. The standard InChI is InChI=1S/C24H19BrClNOS.C19H21NO2S.C17H12BrCl2NO3S.C12H14BrNO2.C7H5BrClI.C7H8S.C6H5BrIN.C6H10O2.C5H6Cl2N2O2.C3H4N2O/c1-15-11-24(28)27(23-13-21(26)20(25)10-16(23)2)22-9-8-18(12-19(15)22)29-14-17-6-4-3-5-7-17;1-3-22-19(21)11-14(2)17-12-16(9-10-18(17)20)23-13-15-7-5-4-6-8-15;1-9-6-17(22)21(16-8-14(19)13(18)5-10(16)2)15-4-3-11(7-12(9)15)25(20,23)24;1-3-16-12(15)6-8(2)10-7-9(13)4-5-11(10)14;1-4-2-5(8)6(9)3-7(4)10;8-6-7-4-2-1-3-5-7;7-4-1-2-6(9)5(8)3-4;1-3-5-6(7)8-4-2;1-5(2)3(10)8(6)4(11)9(5)7;4-3-1-2-6-5-3/h3-13H,14H2,1-2H3;4-12H,3,13,20H2,1-2H3;3-8H,1-2H3;4-7H,3,14H2,1-2H3;2-3H,1H3;1-5,8H,6H2;1-3H,9H2;3,5H,4H2,1-2H3;1-2H3;1-2H,(H2,4,5)/b;14-11-;;8-6-;;;;5-3+;;. The molecule has 145 heavy (non-hydrogen) atoms. The lowest BCUT2D eigenvalue weighted by atomic mass is 10.1. The fourth-order valence-corrected chi connectivity index (χ4v) is 20.0. The maximum absolute atomic E-state index is 12.9. The van der Waals surface area contributed by atoms with Gasteiger partial charge in [-0.1, -0.05) is 169 Å². The molecule has 0 saturated carbocycles. The number of aromatic nitrogens is 3. The van der Waals surface area contributed by atoms with Crippen molar-refractivity contribution in [3.8, 4) is 11.4 Å². The van der Waals surface area contributed by atoms with E-state index in [2.05, 4.69) is 219 Å². The van der Waals surface area contributed by atoms with Gasteiger partial charge in [0.05, 0.1) is 62.2 Å². The van der Waals surface area contributed by atoms with Gasteiger partial charge in [-0.05, 0) is 366 Å². The zero-order valence-electron chi connectivity index (χ0n) is 80.6. The van der Waals surface area contributed by atoms with Crippen LogP contribution in [0.15, 0.2) is 318 Å². The first-order valence-corrected chi connectivity index (χ1v) is 56.5. The van der Waals surface area contributed by atoms with Crippen molar-refractivity contribution in [1.82, 2.24) is 23.1 Å². The van der Waals surface area contributed by atoms with Crippen molar-refractivity contribution in [3.63, 3.8) is 0 Å². The van der Waals surface area contributed by atoms with Crippen LogP contribution in [-0.4, -0.2) is 86.8 Å². The molecule has 0 radical (unpaired) electrons. The molecule has 0 unspecified atom stereocenters. The number of nitrogens with two attached hydrogens (primary N) is 4. The number of thioether (sulfide) groups is 2. The number of imide groups is 1. The molecule has 0 aliphatic carbocycles. The zero-order valence-corrected chi connectivity index (χ0v) is 101. The average molecular weight is 2710 g/mol. The van der Waals surface area contributed by atoms with E-state index >= 15 is 0 Å². The number of halogens is 13. The van der Waals surface area contributed by atoms with Crippen molar-refractivity contribution in [2.75, 3.05) is 42.8 Å². The Morgan fingerprint density at radius 1 is 0.497 bits per heavy atom. The van der Waals surface area contributed by atoms with Crippen LogP contribution in [-0.2, 0) is 59.7 Å². The number of anilines is 4. The molecular formula is C106H104Br5Cl6I2N9O13S4. The fourth-order valence-electron chi connectivity index (χ4n) is 12.6. The summed E-state index contributed by atoms with van der Waals surface area (Å²) in [7, 11) is 1.58. The van der Waals surface area contributed by atoms with E-state index in [0.717, 1.165) is 119 Å². The van der Waals surface area contributed by atoms with Crippen LogP contribution in [0.1, 0.15) is 111 Å². The number of pyridine rings is 2. The van der Waals surface area contributed by atoms with Gasteiger partial charge in [-0.2, -0.15) is 17.0 Å². The van der Waals surface area contributed by atoms with Crippen molar-refractivity contribution >= 4 is 325 Å². The summed E-state index contributed by atoms with van der Waals surface area (Å²) in [6.45, 7) is 24.7. The zero-order chi connectivity index (χ0) is 108. The highest BCUT2D eigenvalue weighted by Gasteiger charge is 2.51. The van der Waals surface area contributed by atoms with E-state index in [1.54, 1.807) is 99.1 Å². The molecule has 15 rings (SSSR count). The molecule has 3 amide bonds. The number of allylic oxidation sites excluding steroid dienone is 3. The van der Waals surface area contributed by atoms with Gasteiger partial charge in [-0.15, -0.1) is 23.5 Å². The van der Waals surface area contributed by atoms with Gasteiger partial charge in [-0.25, -0.2) is 32.0 Å². The van der Waals surface area contributed by atoms with E-state index in [4.69, 9.17) is 101 Å². The Bertz CT molecular complexity index is 7150. The summed E-state index contributed by atoms with van der Waals surface area (Å²) < 4.78 is 53.2. The van der Waals surface area contributed by atoms with Gasteiger partial charge in [0, 0.05) is 166 Å². The Balaban J connectivity index is 0.000000256. The number of fused-ring (bicyclic) bond motifs is 2. The van der Waals surface area contributed by atoms with Gasteiger partial charge in [-0.3, -0.25) is 23.5 Å². The number of hydrogen-bond acceptors (Lipinski definition) is 21. The van der Waals surface area contributed by atoms with E-state index in [0.29, 0.717) is 73.6 Å². The lowest BCUT2D eigenvalue weighted by Gasteiger charge is -2.18. The van der Waals surface area contributed by atoms with Gasteiger partial charge >= 0.3 is 23.9 Å². The second-order valence-corrected chi connectivity index (χ2v) is 44.9. The third-order valence-corrected chi connectivity index (χ3v) is 31.4. The first-order valence-electron chi connectivity index (χ1n) is 43.6. The minimum Gasteiger partial charge on any atom is -0.463 e. The molecule has 1 aliphatic rings. The molecule has 0 atom stereocenters. The molecule has 8 N–H and O–H groups in total. The number of carbonyl (C=O) groups is 5. The number of urea groups is 1. The van der Waals surface area contributed by atoms with Crippen LogP contribution in [0.4, 0.5) is 27.7 Å². The van der Waals surface area contributed by atoms with Gasteiger partial charge in [0.2, 0.25) is 0 Å². The van der Waals surface area contributed by atoms with E-state index in [-0.39, 0.29) is 33.9 Å².